The Labute approximate surface area is 156 Å². The van der Waals surface area contributed by atoms with E-state index in [2.05, 4.69) is 0 Å². The molecule has 3 nitrogen and oxygen atoms in total. The predicted octanol–water partition coefficient (Wildman–Crippen LogP) is 5.29. The summed E-state index contributed by atoms with van der Waals surface area (Å²) in [6.07, 6.45) is 1.88. The molecule has 0 saturated heterocycles. The second kappa shape index (κ2) is 6.86. The van der Waals surface area contributed by atoms with Crippen molar-refractivity contribution in [3.63, 3.8) is 0 Å². The van der Waals surface area contributed by atoms with E-state index in [4.69, 9.17) is 0 Å². The molecule has 0 fully saturated rings. The Bertz CT molecular complexity index is 1010. The lowest BCUT2D eigenvalue weighted by atomic mass is 9.95. The van der Waals surface area contributed by atoms with Gasteiger partial charge in [0, 0.05) is 0 Å². The van der Waals surface area contributed by atoms with E-state index in [1.165, 1.54) is 23.1 Å². The van der Waals surface area contributed by atoms with E-state index in [-0.39, 0.29) is 10.6 Å². The van der Waals surface area contributed by atoms with E-state index in [9.17, 15) is 13.5 Å². The molecule has 3 rings (SSSR count). The summed E-state index contributed by atoms with van der Waals surface area (Å²) in [5.74, 6) is 0.213. The molecular weight excluding hydrogens is 372 g/mol. The number of thiophene rings is 1. The van der Waals surface area contributed by atoms with Crippen molar-refractivity contribution in [1.82, 2.24) is 0 Å². The van der Waals surface area contributed by atoms with Gasteiger partial charge in [0.25, 0.3) is 0 Å². The zero-order valence-corrected chi connectivity index (χ0v) is 16.6. The number of sulfone groups is 1. The summed E-state index contributed by atoms with van der Waals surface area (Å²) < 4.78 is 26.9. The fourth-order valence-electron chi connectivity index (χ4n) is 2.97. The van der Waals surface area contributed by atoms with Crippen molar-refractivity contribution < 1.29 is 13.5 Å². The first-order valence-corrected chi connectivity index (χ1v) is 11.2. The van der Waals surface area contributed by atoms with Crippen LogP contribution in [0.15, 0.2) is 61.8 Å². The van der Waals surface area contributed by atoms with Gasteiger partial charge in [-0.15, -0.1) is 23.1 Å². The SMILES string of the molecule is CSc1sccc1S(=O)(=O)c1cccc(-c2c(C)cc(O)cc2C)c1. The number of aromatic hydroxyl groups is 1. The molecule has 0 aliphatic rings. The number of phenols is 1. The van der Waals surface area contributed by atoms with E-state index in [0.29, 0.717) is 4.90 Å². The van der Waals surface area contributed by atoms with E-state index < -0.39 is 9.84 Å². The minimum absolute atomic E-state index is 0.213. The van der Waals surface area contributed by atoms with Crippen LogP contribution < -0.4 is 0 Å². The zero-order chi connectivity index (χ0) is 18.2. The van der Waals surface area contributed by atoms with Crippen molar-refractivity contribution >= 4 is 32.9 Å². The van der Waals surface area contributed by atoms with E-state index in [1.807, 2.05) is 26.2 Å². The highest BCUT2D eigenvalue weighted by molar-refractivity contribution is 8.01. The van der Waals surface area contributed by atoms with Gasteiger partial charge in [0.15, 0.2) is 0 Å². The maximum absolute atomic E-state index is 13.0. The van der Waals surface area contributed by atoms with Crippen LogP contribution in [0.3, 0.4) is 0 Å². The van der Waals surface area contributed by atoms with E-state index in [0.717, 1.165) is 26.5 Å². The lowest BCUT2D eigenvalue weighted by Gasteiger charge is -2.13. The Hall–Kier alpha value is -1.76. The van der Waals surface area contributed by atoms with Gasteiger partial charge < -0.3 is 5.11 Å². The van der Waals surface area contributed by atoms with Gasteiger partial charge in [-0.25, -0.2) is 8.42 Å². The molecule has 0 aliphatic heterocycles. The van der Waals surface area contributed by atoms with Gasteiger partial charge in [0.05, 0.1) is 14.0 Å². The van der Waals surface area contributed by atoms with Crippen molar-refractivity contribution in [2.24, 2.45) is 0 Å². The average molecular weight is 391 g/mol. The molecule has 6 heteroatoms. The highest BCUT2D eigenvalue weighted by Gasteiger charge is 2.23. The Morgan fingerprint density at radius 2 is 1.72 bits per heavy atom. The molecule has 0 atom stereocenters. The van der Waals surface area contributed by atoms with Gasteiger partial charge in [0.2, 0.25) is 9.84 Å². The molecule has 0 unspecified atom stereocenters. The van der Waals surface area contributed by atoms with Crippen molar-refractivity contribution in [3.05, 3.63) is 59.0 Å². The molecule has 0 amide bonds. The van der Waals surface area contributed by atoms with Gasteiger partial charge >= 0.3 is 0 Å². The number of thioether (sulfide) groups is 1. The number of aryl methyl sites for hydroxylation is 2. The summed E-state index contributed by atoms with van der Waals surface area (Å²) in [7, 11) is -3.56. The first-order valence-electron chi connectivity index (χ1n) is 7.62. The van der Waals surface area contributed by atoms with Crippen LogP contribution in [0.5, 0.6) is 5.75 Å². The molecule has 2 aromatic carbocycles. The molecule has 0 saturated carbocycles. The van der Waals surface area contributed by atoms with Crippen LogP contribution in [0.1, 0.15) is 11.1 Å². The lowest BCUT2D eigenvalue weighted by Crippen LogP contribution is -2.02. The molecule has 1 heterocycles. The minimum atomic E-state index is -3.56. The molecule has 25 heavy (non-hydrogen) atoms. The van der Waals surface area contributed by atoms with Gasteiger partial charge in [-0.3, -0.25) is 0 Å². The fraction of sp³-hybridized carbons (Fsp3) is 0.158. The van der Waals surface area contributed by atoms with Gasteiger partial charge in [-0.2, -0.15) is 0 Å². The standard InChI is InChI=1S/C19H18O3S3/c1-12-9-15(20)10-13(2)18(12)14-5-4-6-16(11-14)25(21,22)17-7-8-24-19(17)23-3/h4-11,20H,1-3H3. The highest BCUT2D eigenvalue weighted by atomic mass is 32.2. The number of phenolic OH excluding ortho intramolecular Hbond substituents is 1. The Morgan fingerprint density at radius 3 is 2.36 bits per heavy atom. The number of hydrogen-bond acceptors (Lipinski definition) is 5. The zero-order valence-electron chi connectivity index (χ0n) is 14.1. The van der Waals surface area contributed by atoms with Crippen LogP contribution in [0.4, 0.5) is 0 Å². The molecule has 0 bridgehead atoms. The second-order valence-electron chi connectivity index (χ2n) is 5.76. The van der Waals surface area contributed by atoms with Crippen LogP contribution in [0.25, 0.3) is 11.1 Å². The van der Waals surface area contributed by atoms with Crippen LogP contribution >= 0.6 is 23.1 Å². The number of hydrogen-bond donors (Lipinski definition) is 1. The molecular formula is C19H18O3S3. The first kappa shape index (κ1) is 18.0. The van der Waals surface area contributed by atoms with Crippen molar-refractivity contribution in [2.45, 2.75) is 27.8 Å². The normalized spacial score (nSPS) is 11.6. The summed E-state index contributed by atoms with van der Waals surface area (Å²) in [6, 6.07) is 12.0. The van der Waals surface area contributed by atoms with Gasteiger partial charge in [0.1, 0.15) is 5.75 Å². The quantitative estimate of drug-likeness (QED) is 0.615. The van der Waals surface area contributed by atoms with Gasteiger partial charge in [-0.1, -0.05) is 12.1 Å². The van der Waals surface area contributed by atoms with Crippen LogP contribution in [-0.4, -0.2) is 19.8 Å². The van der Waals surface area contributed by atoms with E-state index >= 15 is 0 Å². The lowest BCUT2D eigenvalue weighted by molar-refractivity contribution is 0.474. The third kappa shape index (κ3) is 3.34. The third-order valence-electron chi connectivity index (χ3n) is 4.02. The monoisotopic (exact) mass is 390 g/mol. The number of rotatable bonds is 4. The van der Waals surface area contributed by atoms with Crippen molar-refractivity contribution in [3.8, 4) is 16.9 Å². The summed E-state index contributed by atoms with van der Waals surface area (Å²) in [4.78, 5) is 0.645. The fourth-order valence-corrected chi connectivity index (χ4v) is 6.71. The smallest absolute Gasteiger partial charge is 0.208 e. The van der Waals surface area contributed by atoms with Crippen LogP contribution in [-0.2, 0) is 9.84 Å². The second-order valence-corrected chi connectivity index (χ2v) is 9.67. The third-order valence-corrected chi connectivity index (χ3v) is 8.16. The molecule has 130 valence electrons. The maximum atomic E-state index is 13.0. The topological polar surface area (TPSA) is 54.4 Å². The molecule has 0 spiro atoms. The summed E-state index contributed by atoms with van der Waals surface area (Å²) in [5, 5.41) is 11.5. The van der Waals surface area contributed by atoms with Crippen LogP contribution in [0, 0.1) is 13.8 Å². The molecule has 0 radical (unpaired) electrons. The van der Waals surface area contributed by atoms with Crippen LogP contribution in [0.2, 0.25) is 0 Å². The minimum Gasteiger partial charge on any atom is -0.508 e. The van der Waals surface area contributed by atoms with Gasteiger partial charge in [-0.05, 0) is 78.1 Å². The molecule has 1 N–H and O–H groups in total. The summed E-state index contributed by atoms with van der Waals surface area (Å²) in [5.41, 5.74) is 3.60. The Morgan fingerprint density at radius 1 is 1.04 bits per heavy atom. The molecule has 1 aromatic heterocycles. The van der Waals surface area contributed by atoms with Crippen molar-refractivity contribution in [1.29, 1.82) is 0 Å². The van der Waals surface area contributed by atoms with E-state index in [1.54, 1.807) is 41.8 Å². The Balaban J connectivity index is 2.15. The maximum Gasteiger partial charge on any atom is 0.208 e. The Kier molecular flexibility index (Phi) is 4.95. The predicted molar refractivity (Wildman–Crippen MR) is 105 cm³/mol. The first-order chi connectivity index (χ1) is 11.8. The number of benzene rings is 2. The molecule has 0 aliphatic carbocycles. The summed E-state index contributed by atoms with van der Waals surface area (Å²) >= 11 is 2.88. The highest BCUT2D eigenvalue weighted by Crippen LogP contribution is 2.36. The largest absolute Gasteiger partial charge is 0.508 e. The summed E-state index contributed by atoms with van der Waals surface area (Å²) in [6.45, 7) is 3.82. The average Bonchev–Trinajstić information content (AvgIpc) is 3.03. The van der Waals surface area contributed by atoms with Crippen molar-refractivity contribution in [2.75, 3.05) is 6.26 Å². The molecule has 3 aromatic rings.